The molecule has 4 rings (SSSR count). The highest BCUT2D eigenvalue weighted by Crippen LogP contribution is 2.29. The molecule has 1 aliphatic carbocycles. The summed E-state index contributed by atoms with van der Waals surface area (Å²) in [4.78, 5) is 24.7. The third-order valence-electron chi connectivity index (χ3n) is 5.67. The van der Waals surface area contributed by atoms with Crippen LogP contribution in [0.25, 0.3) is 11.0 Å². The minimum absolute atomic E-state index is 0.222. The number of amides is 1. The van der Waals surface area contributed by atoms with Crippen LogP contribution in [0.1, 0.15) is 42.1 Å². The summed E-state index contributed by atoms with van der Waals surface area (Å²) in [6, 6.07) is 5.44. The number of nitrogens with zero attached hydrogens (tertiary/aromatic N) is 2. The van der Waals surface area contributed by atoms with Crippen molar-refractivity contribution in [2.24, 2.45) is 7.05 Å². The molecule has 0 bridgehead atoms. The molecule has 7 heteroatoms. The summed E-state index contributed by atoms with van der Waals surface area (Å²) in [5, 5.41) is 8.00. The molecule has 1 atom stereocenters. The Morgan fingerprint density at radius 1 is 1.31 bits per heavy atom. The second kappa shape index (κ2) is 7.73. The van der Waals surface area contributed by atoms with E-state index in [0.29, 0.717) is 17.9 Å². The number of benzene rings is 1. The maximum Gasteiger partial charge on any atom is 0.339 e. The number of ether oxygens (including phenoxy) is 1. The first-order valence-electron chi connectivity index (χ1n) is 9.94. The van der Waals surface area contributed by atoms with Gasteiger partial charge in [0.15, 0.2) is 6.10 Å². The lowest BCUT2D eigenvalue weighted by Crippen LogP contribution is -2.36. The van der Waals surface area contributed by atoms with E-state index in [2.05, 4.69) is 10.4 Å². The number of rotatable bonds is 5. The van der Waals surface area contributed by atoms with E-state index >= 15 is 0 Å². The number of aryl methyl sites for hydroxylation is 2. The molecule has 3 aromatic rings. The molecular formula is C22H25N3O4. The molecule has 1 amide bonds. The first-order valence-corrected chi connectivity index (χ1v) is 9.94. The van der Waals surface area contributed by atoms with Crippen LogP contribution in [0.15, 0.2) is 33.6 Å². The van der Waals surface area contributed by atoms with Crippen LogP contribution >= 0.6 is 0 Å². The Balaban J connectivity index is 1.47. The number of nitrogens with one attached hydrogen (secondary N) is 1. The van der Waals surface area contributed by atoms with Gasteiger partial charge in [-0.2, -0.15) is 5.10 Å². The van der Waals surface area contributed by atoms with Crippen molar-refractivity contribution in [1.29, 1.82) is 0 Å². The number of carbonyl (C=O) groups excluding carboxylic acids is 1. The molecular weight excluding hydrogens is 370 g/mol. The molecule has 0 spiro atoms. The monoisotopic (exact) mass is 395 g/mol. The van der Waals surface area contributed by atoms with Crippen LogP contribution in [0.2, 0.25) is 0 Å². The SMILES string of the molecule is Cc1c(CNC(=O)C(C)Oc2ccc3c4c(c(=O)oc3c2)CCCC4)cnn1C. The molecule has 0 fully saturated rings. The second-order valence-corrected chi connectivity index (χ2v) is 7.57. The van der Waals surface area contributed by atoms with Crippen molar-refractivity contribution in [1.82, 2.24) is 15.1 Å². The van der Waals surface area contributed by atoms with E-state index in [1.54, 1.807) is 23.9 Å². The minimum atomic E-state index is -0.686. The van der Waals surface area contributed by atoms with Crippen molar-refractivity contribution in [3.63, 3.8) is 0 Å². The number of fused-ring (bicyclic) bond motifs is 3. The Morgan fingerprint density at radius 3 is 2.79 bits per heavy atom. The van der Waals surface area contributed by atoms with Crippen molar-refractivity contribution in [3.8, 4) is 5.75 Å². The van der Waals surface area contributed by atoms with Crippen LogP contribution in [-0.4, -0.2) is 21.8 Å². The highest BCUT2D eigenvalue weighted by Gasteiger charge is 2.20. The molecule has 0 radical (unpaired) electrons. The molecule has 0 saturated carbocycles. The van der Waals surface area contributed by atoms with E-state index in [-0.39, 0.29) is 11.5 Å². The lowest BCUT2D eigenvalue weighted by molar-refractivity contribution is -0.127. The molecule has 2 heterocycles. The van der Waals surface area contributed by atoms with Crippen LogP contribution in [0.4, 0.5) is 0 Å². The predicted molar refractivity (Wildman–Crippen MR) is 109 cm³/mol. The van der Waals surface area contributed by atoms with Crippen LogP contribution in [0.3, 0.4) is 0 Å². The van der Waals surface area contributed by atoms with Gasteiger partial charge in [-0.05, 0) is 57.2 Å². The maximum atomic E-state index is 12.4. The summed E-state index contributed by atoms with van der Waals surface area (Å²) in [7, 11) is 1.86. The average molecular weight is 395 g/mol. The summed E-state index contributed by atoms with van der Waals surface area (Å²) >= 11 is 0. The van der Waals surface area contributed by atoms with Crippen LogP contribution in [-0.2, 0) is 31.2 Å². The smallest absolute Gasteiger partial charge is 0.339 e. The molecule has 0 aliphatic heterocycles. The predicted octanol–water partition coefficient (Wildman–Crippen LogP) is 2.80. The van der Waals surface area contributed by atoms with Gasteiger partial charge in [-0.25, -0.2) is 4.79 Å². The largest absolute Gasteiger partial charge is 0.481 e. The summed E-state index contributed by atoms with van der Waals surface area (Å²) < 4.78 is 13.1. The molecule has 1 aromatic carbocycles. The summed E-state index contributed by atoms with van der Waals surface area (Å²) in [5.41, 5.74) is 4.10. The van der Waals surface area contributed by atoms with Crippen LogP contribution in [0, 0.1) is 6.92 Å². The first-order chi connectivity index (χ1) is 13.9. The fraction of sp³-hybridized carbons (Fsp3) is 0.409. The number of hydrogen-bond acceptors (Lipinski definition) is 5. The standard InChI is InChI=1S/C22H25N3O4/c1-13-15(12-24-25(13)3)11-23-21(26)14(2)28-16-8-9-18-17-6-4-5-7-19(17)22(27)29-20(18)10-16/h8-10,12,14H,4-7,11H2,1-3H3,(H,23,26). The van der Waals surface area contributed by atoms with Gasteiger partial charge in [0, 0.05) is 41.9 Å². The summed E-state index contributed by atoms with van der Waals surface area (Å²) in [6.07, 6.45) is 4.83. The lowest BCUT2D eigenvalue weighted by atomic mass is 9.91. The van der Waals surface area contributed by atoms with Crippen molar-refractivity contribution >= 4 is 16.9 Å². The van der Waals surface area contributed by atoms with Gasteiger partial charge < -0.3 is 14.5 Å². The molecule has 29 heavy (non-hydrogen) atoms. The summed E-state index contributed by atoms with van der Waals surface area (Å²) in [6.45, 7) is 4.04. The third-order valence-corrected chi connectivity index (χ3v) is 5.67. The zero-order valence-corrected chi connectivity index (χ0v) is 16.9. The van der Waals surface area contributed by atoms with Gasteiger partial charge in [-0.15, -0.1) is 0 Å². The van der Waals surface area contributed by atoms with Gasteiger partial charge in [0.25, 0.3) is 5.91 Å². The van der Waals surface area contributed by atoms with E-state index < -0.39 is 6.10 Å². The zero-order valence-electron chi connectivity index (χ0n) is 16.9. The fourth-order valence-electron chi connectivity index (χ4n) is 3.80. The number of carbonyl (C=O) groups is 1. The third kappa shape index (κ3) is 3.77. The Hall–Kier alpha value is -3.09. The van der Waals surface area contributed by atoms with Crippen molar-refractivity contribution in [2.45, 2.75) is 52.2 Å². The number of aromatic nitrogens is 2. The molecule has 1 N–H and O–H groups in total. The molecule has 2 aromatic heterocycles. The average Bonchev–Trinajstić information content (AvgIpc) is 3.04. The van der Waals surface area contributed by atoms with Crippen LogP contribution < -0.4 is 15.7 Å². The minimum Gasteiger partial charge on any atom is -0.481 e. The van der Waals surface area contributed by atoms with Crippen molar-refractivity contribution in [2.75, 3.05) is 0 Å². The van der Waals surface area contributed by atoms with Gasteiger partial charge in [-0.3, -0.25) is 9.48 Å². The topological polar surface area (TPSA) is 86.4 Å². The molecule has 152 valence electrons. The van der Waals surface area contributed by atoms with Crippen molar-refractivity contribution in [3.05, 3.63) is 57.2 Å². The van der Waals surface area contributed by atoms with E-state index in [1.165, 1.54) is 0 Å². The summed E-state index contributed by atoms with van der Waals surface area (Å²) in [5.74, 6) is 0.275. The molecule has 0 saturated heterocycles. The normalized spacial score (nSPS) is 14.4. The first kappa shape index (κ1) is 19.2. The van der Waals surface area contributed by atoms with Gasteiger partial charge in [-0.1, -0.05) is 0 Å². The Morgan fingerprint density at radius 2 is 2.07 bits per heavy atom. The second-order valence-electron chi connectivity index (χ2n) is 7.57. The fourth-order valence-corrected chi connectivity index (χ4v) is 3.80. The Kier molecular flexibility index (Phi) is 5.13. The highest BCUT2D eigenvalue weighted by atomic mass is 16.5. The van der Waals surface area contributed by atoms with E-state index in [1.807, 2.05) is 26.1 Å². The van der Waals surface area contributed by atoms with Gasteiger partial charge in [0.1, 0.15) is 11.3 Å². The number of hydrogen-bond donors (Lipinski definition) is 1. The van der Waals surface area contributed by atoms with E-state index in [4.69, 9.17) is 9.15 Å². The van der Waals surface area contributed by atoms with Gasteiger partial charge >= 0.3 is 5.63 Å². The Labute approximate surface area is 168 Å². The van der Waals surface area contributed by atoms with Crippen LogP contribution in [0.5, 0.6) is 5.75 Å². The van der Waals surface area contributed by atoms with E-state index in [9.17, 15) is 9.59 Å². The Bertz CT molecular complexity index is 1130. The van der Waals surface area contributed by atoms with Crippen molar-refractivity contribution < 1.29 is 13.9 Å². The molecule has 1 aliphatic rings. The molecule has 7 nitrogen and oxygen atoms in total. The van der Waals surface area contributed by atoms with Gasteiger partial charge in [0.2, 0.25) is 0 Å². The lowest BCUT2D eigenvalue weighted by Gasteiger charge is -2.17. The van der Waals surface area contributed by atoms with Gasteiger partial charge in [0.05, 0.1) is 6.20 Å². The zero-order chi connectivity index (χ0) is 20.5. The molecule has 1 unspecified atom stereocenters. The quantitative estimate of drug-likeness (QED) is 0.672. The van der Waals surface area contributed by atoms with E-state index in [0.717, 1.165) is 53.5 Å². The highest BCUT2D eigenvalue weighted by molar-refractivity contribution is 5.83. The maximum absolute atomic E-state index is 12.4.